The average molecular weight is 438 g/mol. The van der Waals surface area contributed by atoms with Crippen LogP contribution in [0.15, 0.2) is 70.1 Å². The van der Waals surface area contributed by atoms with E-state index < -0.39 is 4.92 Å². The van der Waals surface area contributed by atoms with E-state index >= 15 is 0 Å². The lowest BCUT2D eigenvalue weighted by molar-refractivity contribution is -0.385. The van der Waals surface area contributed by atoms with Gasteiger partial charge in [-0.05, 0) is 46.3 Å². The van der Waals surface area contributed by atoms with Crippen molar-refractivity contribution < 1.29 is 10.0 Å². The Bertz CT molecular complexity index is 1220. The molecule has 0 aliphatic carbocycles. The molecule has 4 aromatic rings. The summed E-state index contributed by atoms with van der Waals surface area (Å²) in [4.78, 5) is 16.3. The van der Waals surface area contributed by atoms with Gasteiger partial charge in [0.05, 0.1) is 20.8 Å². The van der Waals surface area contributed by atoms with Crippen LogP contribution in [0.4, 0.5) is 11.4 Å². The summed E-state index contributed by atoms with van der Waals surface area (Å²) in [6.07, 6.45) is 1.37. The fourth-order valence-electron chi connectivity index (χ4n) is 2.61. The number of aliphatic imine (C=N–C) groups is 1. The van der Waals surface area contributed by atoms with Crippen molar-refractivity contribution in [2.24, 2.45) is 4.99 Å². The highest BCUT2D eigenvalue weighted by molar-refractivity contribution is 9.10. The van der Waals surface area contributed by atoms with Gasteiger partial charge in [0.2, 0.25) is 0 Å². The minimum absolute atomic E-state index is 0.120. The fraction of sp³-hybridized carbons (Fsp3) is 0. The lowest BCUT2D eigenvalue weighted by Crippen LogP contribution is -1.97. The molecule has 138 valence electrons. The predicted molar refractivity (Wildman–Crippen MR) is 109 cm³/mol. The van der Waals surface area contributed by atoms with Crippen molar-refractivity contribution >= 4 is 44.6 Å². The highest BCUT2D eigenvalue weighted by Crippen LogP contribution is 2.32. The summed E-state index contributed by atoms with van der Waals surface area (Å²) in [7, 11) is 0. The van der Waals surface area contributed by atoms with E-state index in [2.05, 4.69) is 31.1 Å². The van der Waals surface area contributed by atoms with Crippen LogP contribution in [0.1, 0.15) is 5.56 Å². The smallest absolute Gasteiger partial charge is 0.271 e. The number of hydrogen-bond donors (Lipinski definition) is 1. The van der Waals surface area contributed by atoms with E-state index in [1.54, 1.807) is 23.0 Å². The van der Waals surface area contributed by atoms with Crippen LogP contribution in [0.2, 0.25) is 0 Å². The van der Waals surface area contributed by atoms with E-state index in [4.69, 9.17) is 0 Å². The quantitative estimate of drug-likeness (QED) is 0.286. The van der Waals surface area contributed by atoms with Gasteiger partial charge >= 0.3 is 0 Å². The second kappa shape index (κ2) is 7.20. The topological polar surface area (TPSA) is 106 Å². The Balaban J connectivity index is 1.68. The molecule has 1 aromatic heterocycles. The average Bonchev–Trinajstić information content (AvgIpc) is 3.13. The number of nitro groups is 1. The number of rotatable bonds is 4. The number of non-ortho nitro benzene ring substituents is 1. The third-order valence-electron chi connectivity index (χ3n) is 3.99. The summed E-state index contributed by atoms with van der Waals surface area (Å²) in [6, 6.07) is 17.3. The molecule has 0 aliphatic rings. The molecule has 0 spiro atoms. The lowest BCUT2D eigenvalue weighted by atomic mass is 10.2. The Morgan fingerprint density at radius 2 is 1.82 bits per heavy atom. The minimum atomic E-state index is -0.532. The molecule has 0 fully saturated rings. The number of aromatic hydroxyl groups is 1. The van der Waals surface area contributed by atoms with Crippen LogP contribution in [0.5, 0.6) is 5.75 Å². The summed E-state index contributed by atoms with van der Waals surface area (Å²) in [5.74, 6) is -0.120. The molecular formula is C19H12BrN5O3. The standard InChI is InChI=1S/C19H12BrN5O3/c20-16-10-15(25(27)28)8-12(19(16)26)11-21-13-6-7-17-18(9-13)23-24(22-17)14-4-2-1-3-5-14/h1-11,26H. The zero-order chi connectivity index (χ0) is 19.7. The number of benzene rings is 3. The Morgan fingerprint density at radius 1 is 1.07 bits per heavy atom. The molecule has 0 bridgehead atoms. The number of nitro benzene ring substituents is 1. The molecule has 0 radical (unpaired) electrons. The van der Waals surface area contributed by atoms with Gasteiger partial charge < -0.3 is 5.11 Å². The zero-order valence-electron chi connectivity index (χ0n) is 14.2. The van der Waals surface area contributed by atoms with Crippen LogP contribution < -0.4 is 0 Å². The van der Waals surface area contributed by atoms with E-state index in [0.717, 1.165) is 5.69 Å². The van der Waals surface area contributed by atoms with Crippen LogP contribution in [0, 0.1) is 10.1 Å². The molecule has 8 nitrogen and oxygen atoms in total. The van der Waals surface area contributed by atoms with E-state index in [-0.39, 0.29) is 21.5 Å². The molecule has 1 N–H and O–H groups in total. The van der Waals surface area contributed by atoms with Gasteiger partial charge in [0.1, 0.15) is 16.8 Å². The normalized spacial score (nSPS) is 11.3. The summed E-state index contributed by atoms with van der Waals surface area (Å²) in [6.45, 7) is 0. The number of hydrogen-bond acceptors (Lipinski definition) is 6. The summed E-state index contributed by atoms with van der Waals surface area (Å²) in [5, 5.41) is 30.0. The Kier molecular flexibility index (Phi) is 4.58. The van der Waals surface area contributed by atoms with E-state index in [9.17, 15) is 15.2 Å². The van der Waals surface area contributed by atoms with Crippen LogP contribution >= 0.6 is 15.9 Å². The number of halogens is 1. The minimum Gasteiger partial charge on any atom is -0.506 e. The van der Waals surface area contributed by atoms with Gasteiger partial charge in [0, 0.05) is 23.9 Å². The maximum absolute atomic E-state index is 11.0. The monoisotopic (exact) mass is 437 g/mol. The molecule has 0 atom stereocenters. The first-order chi connectivity index (χ1) is 13.5. The molecule has 9 heteroatoms. The third kappa shape index (κ3) is 3.47. The Hall–Kier alpha value is -3.59. The van der Waals surface area contributed by atoms with Crippen molar-refractivity contribution in [2.45, 2.75) is 0 Å². The molecule has 4 rings (SSSR count). The lowest BCUT2D eigenvalue weighted by Gasteiger charge is -2.02. The number of phenols is 1. The van der Waals surface area contributed by atoms with Crippen molar-refractivity contribution in [3.8, 4) is 11.4 Å². The number of nitrogens with zero attached hydrogens (tertiary/aromatic N) is 5. The number of fused-ring (bicyclic) bond motifs is 1. The fourth-order valence-corrected chi connectivity index (χ4v) is 3.08. The van der Waals surface area contributed by atoms with Crippen LogP contribution in [-0.2, 0) is 0 Å². The van der Waals surface area contributed by atoms with Crippen LogP contribution in [0.25, 0.3) is 16.7 Å². The number of aromatic nitrogens is 3. The molecule has 0 unspecified atom stereocenters. The van der Waals surface area contributed by atoms with E-state index in [0.29, 0.717) is 16.7 Å². The molecule has 1 heterocycles. The van der Waals surface area contributed by atoms with Crippen molar-refractivity contribution in [2.75, 3.05) is 0 Å². The first kappa shape index (κ1) is 17.8. The van der Waals surface area contributed by atoms with Gasteiger partial charge in [0.15, 0.2) is 0 Å². The first-order valence-electron chi connectivity index (χ1n) is 8.15. The Morgan fingerprint density at radius 3 is 2.57 bits per heavy atom. The van der Waals surface area contributed by atoms with Gasteiger partial charge in [0.25, 0.3) is 5.69 Å². The van der Waals surface area contributed by atoms with Gasteiger partial charge in [-0.1, -0.05) is 18.2 Å². The maximum Gasteiger partial charge on any atom is 0.271 e. The highest BCUT2D eigenvalue weighted by atomic mass is 79.9. The van der Waals surface area contributed by atoms with Crippen molar-refractivity contribution in [1.82, 2.24) is 15.0 Å². The predicted octanol–water partition coefficient (Wildman–Crippen LogP) is 4.55. The molecule has 0 aliphatic heterocycles. The first-order valence-corrected chi connectivity index (χ1v) is 8.94. The highest BCUT2D eigenvalue weighted by Gasteiger charge is 2.13. The van der Waals surface area contributed by atoms with E-state index in [1.165, 1.54) is 18.3 Å². The molecule has 0 saturated carbocycles. The Labute approximate surface area is 167 Å². The molecule has 3 aromatic carbocycles. The van der Waals surface area contributed by atoms with Gasteiger partial charge in [-0.3, -0.25) is 15.1 Å². The van der Waals surface area contributed by atoms with Crippen molar-refractivity contribution in [3.05, 3.63) is 80.8 Å². The molecule has 0 amide bonds. The SMILES string of the molecule is O=[N+]([O-])c1cc(Br)c(O)c(C=Nc2ccc3nn(-c4ccccc4)nc3c2)c1. The molecular weight excluding hydrogens is 426 g/mol. The number of para-hydroxylation sites is 1. The summed E-state index contributed by atoms with van der Waals surface area (Å²) >= 11 is 3.11. The number of phenolic OH excluding ortho intramolecular Hbond substituents is 1. The van der Waals surface area contributed by atoms with Crippen molar-refractivity contribution in [3.63, 3.8) is 0 Å². The zero-order valence-corrected chi connectivity index (χ0v) is 15.8. The molecule has 0 saturated heterocycles. The van der Waals surface area contributed by atoms with Gasteiger partial charge in [-0.15, -0.1) is 10.2 Å². The third-order valence-corrected chi connectivity index (χ3v) is 4.60. The molecule has 28 heavy (non-hydrogen) atoms. The van der Waals surface area contributed by atoms with Crippen LogP contribution in [-0.4, -0.2) is 31.2 Å². The second-order valence-corrected chi connectivity index (χ2v) is 6.73. The van der Waals surface area contributed by atoms with Crippen molar-refractivity contribution in [1.29, 1.82) is 0 Å². The maximum atomic E-state index is 11.0. The van der Waals surface area contributed by atoms with Gasteiger partial charge in [-0.2, -0.15) is 4.80 Å². The second-order valence-electron chi connectivity index (χ2n) is 5.88. The summed E-state index contributed by atoms with van der Waals surface area (Å²) in [5.41, 5.74) is 2.87. The summed E-state index contributed by atoms with van der Waals surface area (Å²) < 4.78 is 0.226. The van der Waals surface area contributed by atoms with Gasteiger partial charge in [-0.25, -0.2) is 0 Å². The largest absolute Gasteiger partial charge is 0.506 e. The van der Waals surface area contributed by atoms with Crippen LogP contribution in [0.3, 0.4) is 0 Å². The van der Waals surface area contributed by atoms with E-state index in [1.807, 2.05) is 30.3 Å².